The Kier molecular flexibility index (Phi) is 4.97. The summed E-state index contributed by atoms with van der Waals surface area (Å²) in [5.41, 5.74) is 1.22. The molecule has 1 fully saturated rings. The number of hydrogen-bond acceptors (Lipinski definition) is 2. The molecule has 0 spiro atoms. The van der Waals surface area contributed by atoms with Gasteiger partial charge < -0.3 is 9.64 Å². The molecule has 2 rings (SSSR count). The summed E-state index contributed by atoms with van der Waals surface area (Å²) in [6.07, 6.45) is 2.90. The fraction of sp³-hybridized carbons (Fsp3) is 0.562. The first-order chi connectivity index (χ1) is 9.20. The van der Waals surface area contributed by atoms with E-state index in [9.17, 15) is 4.79 Å². The average Bonchev–Trinajstić information content (AvgIpc) is 2.48. The van der Waals surface area contributed by atoms with Gasteiger partial charge in [0.2, 0.25) is 5.91 Å². The second-order valence-electron chi connectivity index (χ2n) is 5.12. The van der Waals surface area contributed by atoms with Gasteiger partial charge in [0.25, 0.3) is 0 Å². The zero-order chi connectivity index (χ0) is 13.7. The topological polar surface area (TPSA) is 29.5 Å². The van der Waals surface area contributed by atoms with Crippen LogP contribution >= 0.6 is 0 Å². The molecule has 1 heterocycles. The van der Waals surface area contributed by atoms with Crippen molar-refractivity contribution in [3.63, 3.8) is 0 Å². The largest absolute Gasteiger partial charge is 0.370 e. The van der Waals surface area contributed by atoms with Crippen molar-refractivity contribution in [1.82, 2.24) is 4.90 Å². The highest BCUT2D eigenvalue weighted by Crippen LogP contribution is 2.23. The highest BCUT2D eigenvalue weighted by molar-refractivity contribution is 5.75. The van der Waals surface area contributed by atoms with Crippen LogP contribution in [0.5, 0.6) is 0 Å². The molecule has 3 nitrogen and oxygen atoms in total. The summed E-state index contributed by atoms with van der Waals surface area (Å²) >= 11 is 0. The fourth-order valence-electron chi connectivity index (χ4n) is 2.56. The number of rotatable bonds is 4. The molecule has 1 aliphatic rings. The van der Waals surface area contributed by atoms with Gasteiger partial charge in [-0.1, -0.05) is 37.3 Å². The minimum absolute atomic E-state index is 0.125. The highest BCUT2D eigenvalue weighted by atomic mass is 16.5. The van der Waals surface area contributed by atoms with E-state index in [1.165, 1.54) is 5.56 Å². The standard InChI is InChI=1S/C16H23NO2/c1-3-16(18)17-11-9-15(10-12-17)19-13(2)14-7-5-4-6-8-14/h4-8,13,15H,3,9-12H2,1-2H3. The zero-order valence-corrected chi connectivity index (χ0v) is 11.8. The van der Waals surface area contributed by atoms with E-state index >= 15 is 0 Å². The van der Waals surface area contributed by atoms with Gasteiger partial charge in [0.1, 0.15) is 0 Å². The lowest BCUT2D eigenvalue weighted by Crippen LogP contribution is -2.40. The van der Waals surface area contributed by atoms with E-state index in [0.29, 0.717) is 6.42 Å². The first kappa shape index (κ1) is 14.1. The number of nitrogens with zero attached hydrogens (tertiary/aromatic N) is 1. The van der Waals surface area contributed by atoms with E-state index in [4.69, 9.17) is 4.74 Å². The van der Waals surface area contributed by atoms with Crippen LogP contribution in [0, 0.1) is 0 Å². The van der Waals surface area contributed by atoms with Gasteiger partial charge in [0.15, 0.2) is 0 Å². The van der Waals surface area contributed by atoms with Gasteiger partial charge in [-0.3, -0.25) is 4.79 Å². The molecule has 0 saturated carbocycles. The third kappa shape index (κ3) is 3.80. The number of benzene rings is 1. The van der Waals surface area contributed by atoms with Crippen molar-refractivity contribution >= 4 is 5.91 Å². The second kappa shape index (κ2) is 6.71. The van der Waals surface area contributed by atoms with Crippen molar-refractivity contribution in [2.75, 3.05) is 13.1 Å². The van der Waals surface area contributed by atoms with Crippen LogP contribution in [0.1, 0.15) is 44.8 Å². The Labute approximate surface area is 115 Å². The normalized spacial score (nSPS) is 18.3. The third-order valence-electron chi connectivity index (χ3n) is 3.76. The van der Waals surface area contributed by atoms with E-state index in [1.54, 1.807) is 0 Å². The van der Waals surface area contributed by atoms with Crippen LogP contribution in [0.2, 0.25) is 0 Å². The number of likely N-dealkylation sites (tertiary alicyclic amines) is 1. The molecule has 1 saturated heterocycles. The average molecular weight is 261 g/mol. The SMILES string of the molecule is CCC(=O)N1CCC(OC(C)c2ccccc2)CC1. The van der Waals surface area contributed by atoms with Crippen LogP contribution in [0.25, 0.3) is 0 Å². The van der Waals surface area contributed by atoms with Crippen LogP contribution in [0.15, 0.2) is 30.3 Å². The number of piperidine rings is 1. The lowest BCUT2D eigenvalue weighted by atomic mass is 10.1. The van der Waals surface area contributed by atoms with E-state index in [-0.39, 0.29) is 18.1 Å². The fourth-order valence-corrected chi connectivity index (χ4v) is 2.56. The maximum Gasteiger partial charge on any atom is 0.222 e. The van der Waals surface area contributed by atoms with E-state index in [0.717, 1.165) is 25.9 Å². The van der Waals surface area contributed by atoms with Gasteiger partial charge in [-0.05, 0) is 25.3 Å². The number of carbonyl (C=O) groups is 1. The highest BCUT2D eigenvalue weighted by Gasteiger charge is 2.23. The lowest BCUT2D eigenvalue weighted by Gasteiger charge is -2.33. The summed E-state index contributed by atoms with van der Waals surface area (Å²) in [6.45, 7) is 5.68. The van der Waals surface area contributed by atoms with Gasteiger partial charge >= 0.3 is 0 Å². The Bertz CT molecular complexity index is 396. The molecule has 19 heavy (non-hydrogen) atoms. The van der Waals surface area contributed by atoms with Crippen molar-refractivity contribution in [3.05, 3.63) is 35.9 Å². The quantitative estimate of drug-likeness (QED) is 0.833. The number of ether oxygens (including phenoxy) is 1. The molecule has 1 aromatic rings. The summed E-state index contributed by atoms with van der Waals surface area (Å²) in [5, 5.41) is 0. The summed E-state index contributed by atoms with van der Waals surface area (Å²) < 4.78 is 6.10. The van der Waals surface area contributed by atoms with Gasteiger partial charge in [0, 0.05) is 19.5 Å². The molecule has 1 unspecified atom stereocenters. The Morgan fingerprint density at radius 3 is 2.53 bits per heavy atom. The lowest BCUT2D eigenvalue weighted by molar-refractivity contribution is -0.134. The minimum Gasteiger partial charge on any atom is -0.370 e. The Morgan fingerprint density at radius 2 is 1.95 bits per heavy atom. The predicted octanol–water partition coefficient (Wildman–Crippen LogP) is 3.17. The summed E-state index contributed by atoms with van der Waals surface area (Å²) in [7, 11) is 0. The first-order valence-electron chi connectivity index (χ1n) is 7.19. The third-order valence-corrected chi connectivity index (χ3v) is 3.76. The molecule has 0 aromatic heterocycles. The van der Waals surface area contributed by atoms with E-state index in [2.05, 4.69) is 19.1 Å². The molecule has 0 aliphatic carbocycles. The molecule has 3 heteroatoms. The number of hydrogen-bond donors (Lipinski definition) is 0. The minimum atomic E-state index is 0.125. The molecular weight excluding hydrogens is 238 g/mol. The van der Waals surface area contributed by atoms with Crippen molar-refractivity contribution in [2.24, 2.45) is 0 Å². The molecule has 1 atom stereocenters. The molecule has 0 bridgehead atoms. The van der Waals surface area contributed by atoms with E-state index in [1.807, 2.05) is 30.0 Å². The molecule has 0 radical (unpaired) electrons. The van der Waals surface area contributed by atoms with Crippen LogP contribution in [-0.4, -0.2) is 30.0 Å². The molecule has 104 valence electrons. The Balaban J connectivity index is 1.81. The first-order valence-corrected chi connectivity index (χ1v) is 7.19. The maximum atomic E-state index is 11.6. The van der Waals surface area contributed by atoms with Gasteiger partial charge in [-0.2, -0.15) is 0 Å². The molecule has 0 N–H and O–H groups in total. The number of amides is 1. The van der Waals surface area contributed by atoms with Crippen LogP contribution in [0.4, 0.5) is 0 Å². The van der Waals surface area contributed by atoms with Crippen LogP contribution in [-0.2, 0) is 9.53 Å². The van der Waals surface area contributed by atoms with Gasteiger partial charge in [-0.15, -0.1) is 0 Å². The molecule has 1 aromatic carbocycles. The number of carbonyl (C=O) groups excluding carboxylic acids is 1. The van der Waals surface area contributed by atoms with Crippen LogP contribution < -0.4 is 0 Å². The van der Waals surface area contributed by atoms with E-state index < -0.39 is 0 Å². The molecular formula is C16H23NO2. The molecule has 1 amide bonds. The van der Waals surface area contributed by atoms with Gasteiger partial charge in [-0.25, -0.2) is 0 Å². The smallest absolute Gasteiger partial charge is 0.222 e. The van der Waals surface area contributed by atoms with Gasteiger partial charge in [0.05, 0.1) is 12.2 Å². The summed E-state index contributed by atoms with van der Waals surface area (Å²) in [6, 6.07) is 10.3. The van der Waals surface area contributed by atoms with Crippen molar-refractivity contribution < 1.29 is 9.53 Å². The Hall–Kier alpha value is -1.35. The summed E-state index contributed by atoms with van der Waals surface area (Å²) in [5.74, 6) is 0.259. The molecule has 1 aliphatic heterocycles. The zero-order valence-electron chi connectivity index (χ0n) is 11.8. The Morgan fingerprint density at radius 1 is 1.32 bits per heavy atom. The van der Waals surface area contributed by atoms with Crippen molar-refractivity contribution in [3.8, 4) is 0 Å². The van der Waals surface area contributed by atoms with Crippen LogP contribution in [0.3, 0.4) is 0 Å². The van der Waals surface area contributed by atoms with Crippen molar-refractivity contribution in [2.45, 2.75) is 45.3 Å². The second-order valence-corrected chi connectivity index (χ2v) is 5.12. The van der Waals surface area contributed by atoms with Crippen molar-refractivity contribution in [1.29, 1.82) is 0 Å². The predicted molar refractivity (Wildman–Crippen MR) is 75.8 cm³/mol. The monoisotopic (exact) mass is 261 g/mol. The maximum absolute atomic E-state index is 11.6. The summed E-state index contributed by atoms with van der Waals surface area (Å²) in [4.78, 5) is 13.6.